The summed E-state index contributed by atoms with van der Waals surface area (Å²) in [6.45, 7) is 0. The van der Waals surface area contributed by atoms with E-state index in [2.05, 4.69) is 0 Å². The second kappa shape index (κ2) is 117. The van der Waals surface area contributed by atoms with Crippen LogP contribution in [0.25, 0.3) is 0 Å². The summed E-state index contributed by atoms with van der Waals surface area (Å²) in [5.74, 6) is 0. The molecule has 0 unspecified atom stereocenters. The molecule has 5 N–H and O–H groups in total. The molecule has 0 fully saturated rings. The minimum atomic E-state index is 0. The monoisotopic (exact) mass is 111 g/mol. The smallest absolute Gasteiger partial charge is 0.152 e. The third kappa shape index (κ3) is 23.6. The quantitative estimate of drug-likeness (QED) is 0.308. The van der Waals surface area contributed by atoms with E-state index in [9.17, 15) is 0 Å². The molecular formula is H5N3O4. The van der Waals surface area contributed by atoms with E-state index < -0.39 is 0 Å². The van der Waals surface area contributed by atoms with E-state index in [1.807, 2.05) is 0 Å². The fourth-order valence-corrected chi connectivity index (χ4v) is 0. The summed E-state index contributed by atoms with van der Waals surface area (Å²) in [6, 6.07) is 0. The van der Waals surface area contributed by atoms with Gasteiger partial charge in [-0.15, -0.1) is 9.81 Å². The third-order valence-corrected chi connectivity index (χ3v) is 0. The van der Waals surface area contributed by atoms with Crippen molar-refractivity contribution < 1.29 is 10.4 Å². The van der Waals surface area contributed by atoms with Crippen LogP contribution in [0.15, 0.2) is 10.7 Å². The van der Waals surface area contributed by atoms with Crippen LogP contribution in [0.2, 0.25) is 0 Å². The molecule has 0 aromatic rings. The van der Waals surface area contributed by atoms with Gasteiger partial charge in [0.2, 0.25) is 0 Å². The fourth-order valence-electron chi connectivity index (χ4n) is 0. The third-order valence-electron chi connectivity index (χ3n) is 0. The number of nitrogens with zero attached hydrogens (tertiary/aromatic N) is 2. The minimum absolute atomic E-state index is 0. The van der Waals surface area contributed by atoms with Gasteiger partial charge in [-0.2, -0.15) is 0 Å². The van der Waals surface area contributed by atoms with Crippen LogP contribution in [0.5, 0.6) is 0 Å². The molecule has 0 aliphatic carbocycles. The molecule has 0 aromatic carbocycles. The van der Waals surface area contributed by atoms with Crippen molar-refractivity contribution in [2.75, 3.05) is 0 Å². The lowest BCUT2D eigenvalue weighted by Gasteiger charge is -1.32. The van der Waals surface area contributed by atoms with Crippen molar-refractivity contribution in [3.8, 4) is 0 Å². The zero-order chi connectivity index (χ0) is 5.41. The molecule has 0 rings (SSSR count). The van der Waals surface area contributed by atoms with E-state index in [-0.39, 0.29) is 6.15 Å². The Morgan fingerprint density at radius 2 is 1.00 bits per heavy atom. The van der Waals surface area contributed by atoms with Crippen molar-refractivity contribution in [2.24, 2.45) is 10.7 Å². The highest BCUT2D eigenvalue weighted by molar-refractivity contribution is 3.84. The normalized spacial score (nSPS) is 3.43. The van der Waals surface area contributed by atoms with Crippen molar-refractivity contribution in [3.63, 3.8) is 0 Å². The van der Waals surface area contributed by atoms with Crippen molar-refractivity contribution in [1.29, 1.82) is 0 Å². The molecule has 0 heterocycles. The Bertz CT molecular complexity index is 27.9. The van der Waals surface area contributed by atoms with Crippen molar-refractivity contribution in [3.05, 3.63) is 9.81 Å². The van der Waals surface area contributed by atoms with Crippen LogP contribution in [0.4, 0.5) is 0 Å². The van der Waals surface area contributed by atoms with Crippen LogP contribution in [-0.2, 0) is 0 Å². The van der Waals surface area contributed by atoms with E-state index in [0.717, 1.165) is 0 Å². The molecule has 0 spiro atoms. The summed E-state index contributed by atoms with van der Waals surface area (Å²) in [7, 11) is 0. The lowest BCUT2D eigenvalue weighted by atomic mass is 13.4. The summed E-state index contributed by atoms with van der Waals surface area (Å²) in [6.07, 6.45) is 0. The van der Waals surface area contributed by atoms with Crippen LogP contribution in [0.3, 0.4) is 0 Å². The van der Waals surface area contributed by atoms with Crippen molar-refractivity contribution in [2.45, 2.75) is 0 Å². The van der Waals surface area contributed by atoms with Crippen LogP contribution < -0.4 is 6.15 Å². The Kier molecular flexibility index (Phi) is 285. The van der Waals surface area contributed by atoms with E-state index >= 15 is 0 Å². The predicted octanol–water partition coefficient (Wildman–Crippen LogP) is 0.446. The fraction of sp³-hybridized carbons (Fsp3) is 0. The Labute approximate surface area is 38.4 Å². The Morgan fingerprint density at radius 1 is 1.00 bits per heavy atom. The molecule has 0 atom stereocenters. The first kappa shape index (κ1) is 17.1. The summed E-state index contributed by atoms with van der Waals surface area (Å²) in [4.78, 5) is 16.2. The first-order chi connectivity index (χ1) is 2.83. The first-order valence-corrected chi connectivity index (χ1v) is 0.765. The molecule has 0 saturated heterocycles. The molecule has 0 amide bonds. The van der Waals surface area contributed by atoms with Gasteiger partial charge in [0, 0.05) is 0 Å². The summed E-state index contributed by atoms with van der Waals surface area (Å²) < 4.78 is 0. The lowest BCUT2D eigenvalue weighted by Crippen LogP contribution is -1.25. The van der Waals surface area contributed by atoms with Gasteiger partial charge < -0.3 is 16.6 Å². The standard InChI is InChI=1S/2HNO2.H3N/c2*2-1-3;/h2*(H,2,3);1H3. The van der Waals surface area contributed by atoms with Gasteiger partial charge in [0.1, 0.15) is 0 Å². The summed E-state index contributed by atoms with van der Waals surface area (Å²) >= 11 is 0. The number of hydrogen-bond acceptors (Lipinski definition) is 5. The van der Waals surface area contributed by atoms with Gasteiger partial charge in [0.25, 0.3) is 0 Å². The van der Waals surface area contributed by atoms with Gasteiger partial charge in [-0.05, 0) is 0 Å². The molecule has 0 aliphatic heterocycles. The van der Waals surface area contributed by atoms with Crippen LogP contribution >= 0.6 is 0 Å². The highest BCUT2D eigenvalue weighted by atomic mass is 16.6. The SMILES string of the molecule is N.O=NO.O=NO. The topological polar surface area (TPSA) is 134 Å². The molecule has 0 bridgehead atoms. The maximum atomic E-state index is 8.11. The molecule has 0 saturated carbocycles. The predicted molar refractivity (Wildman–Crippen MR) is 20.2 cm³/mol. The first-order valence-electron chi connectivity index (χ1n) is 0.765. The van der Waals surface area contributed by atoms with E-state index in [4.69, 9.17) is 20.2 Å². The number of hydrogen-bond donors (Lipinski definition) is 3. The molecule has 44 valence electrons. The second-order valence-electron chi connectivity index (χ2n) is 0.163. The summed E-state index contributed by atoms with van der Waals surface area (Å²) in [5, 5.41) is 15.8. The zero-order valence-electron chi connectivity index (χ0n) is 3.31. The molecule has 0 aromatic heterocycles. The molecule has 7 heavy (non-hydrogen) atoms. The molecule has 7 nitrogen and oxygen atoms in total. The Balaban J connectivity index is -0.0000000400. The maximum Gasteiger partial charge on any atom is 0.152 e. The highest BCUT2D eigenvalue weighted by Gasteiger charge is 1.18. The van der Waals surface area contributed by atoms with Crippen molar-refractivity contribution >= 4 is 0 Å². The highest BCUT2D eigenvalue weighted by Crippen LogP contribution is 1.25. The van der Waals surface area contributed by atoms with E-state index in [1.54, 1.807) is 0 Å². The van der Waals surface area contributed by atoms with Gasteiger partial charge in [0.15, 0.2) is 10.7 Å². The Hall–Kier alpha value is -1.24. The average Bonchev–Trinajstić information content (AvgIpc) is 1.39. The second-order valence-corrected chi connectivity index (χ2v) is 0.163. The molecular weight excluding hydrogens is 106 g/mol. The van der Waals surface area contributed by atoms with Crippen LogP contribution in [-0.4, -0.2) is 10.4 Å². The van der Waals surface area contributed by atoms with E-state index in [1.165, 1.54) is 10.7 Å². The maximum absolute atomic E-state index is 8.11. The molecule has 7 heteroatoms. The summed E-state index contributed by atoms with van der Waals surface area (Å²) in [5.41, 5.74) is 0. The number of rotatable bonds is 0. The van der Waals surface area contributed by atoms with Crippen LogP contribution in [0, 0.1) is 9.81 Å². The van der Waals surface area contributed by atoms with Gasteiger partial charge in [0.05, 0.1) is 0 Å². The van der Waals surface area contributed by atoms with Crippen LogP contribution in [0.1, 0.15) is 0 Å². The van der Waals surface area contributed by atoms with Gasteiger partial charge in [-0.25, -0.2) is 0 Å². The van der Waals surface area contributed by atoms with Gasteiger partial charge >= 0.3 is 0 Å². The average molecular weight is 111 g/mol. The zero-order valence-corrected chi connectivity index (χ0v) is 3.31. The molecule has 0 radical (unpaired) electrons. The lowest BCUT2D eigenvalue weighted by molar-refractivity contribution is 0.312. The largest absolute Gasteiger partial charge is 0.379 e. The Morgan fingerprint density at radius 3 is 1.00 bits per heavy atom. The minimum Gasteiger partial charge on any atom is -0.379 e. The van der Waals surface area contributed by atoms with Gasteiger partial charge in [-0.3, -0.25) is 0 Å². The molecule has 0 aliphatic rings. The van der Waals surface area contributed by atoms with E-state index in [0.29, 0.717) is 0 Å². The van der Waals surface area contributed by atoms with Crippen molar-refractivity contribution in [1.82, 2.24) is 6.15 Å². The van der Waals surface area contributed by atoms with Gasteiger partial charge in [-0.1, -0.05) is 0 Å².